The lowest BCUT2D eigenvalue weighted by Gasteiger charge is -2.20. The Morgan fingerprint density at radius 2 is 1.81 bits per heavy atom. The highest BCUT2D eigenvalue weighted by atomic mass is 16.5. The van der Waals surface area contributed by atoms with Gasteiger partial charge >= 0.3 is 5.69 Å². The summed E-state index contributed by atoms with van der Waals surface area (Å²) in [7, 11) is 3.06. The molecule has 0 aromatic carbocycles. The molecule has 1 atom stereocenters. The van der Waals surface area contributed by atoms with Crippen molar-refractivity contribution in [3.63, 3.8) is 0 Å². The van der Waals surface area contributed by atoms with Crippen LogP contribution in [0, 0.1) is 0 Å². The van der Waals surface area contributed by atoms with Crippen molar-refractivity contribution in [3.05, 3.63) is 20.8 Å². The van der Waals surface area contributed by atoms with E-state index in [2.05, 4.69) is 9.88 Å². The van der Waals surface area contributed by atoms with Gasteiger partial charge in [-0.1, -0.05) is 0 Å². The number of rotatable bonds is 6. The molecular weight excluding hydrogens is 338 g/mol. The van der Waals surface area contributed by atoms with Crippen LogP contribution in [0.15, 0.2) is 9.59 Å². The van der Waals surface area contributed by atoms with Crippen LogP contribution in [0.4, 0.5) is 5.95 Å². The predicted octanol–water partition coefficient (Wildman–Crippen LogP) is -0.180. The molecule has 0 amide bonds. The molecule has 2 aromatic heterocycles. The van der Waals surface area contributed by atoms with Gasteiger partial charge in [-0.3, -0.25) is 13.9 Å². The van der Waals surface area contributed by atoms with E-state index in [-0.39, 0.29) is 19.3 Å². The second-order valence-corrected chi connectivity index (χ2v) is 7.13. The standard InChI is InChI=1S/C17H27N5O4/c1-11(2)26-10-12(23)9-22-13-14(18-16(22)21-7-5-6-8-21)19(3)17(25)20(4)15(13)24/h11-12,23H,5-10H2,1-4H3. The number of hydrogen-bond acceptors (Lipinski definition) is 6. The molecule has 1 fully saturated rings. The molecule has 9 nitrogen and oxygen atoms in total. The second-order valence-electron chi connectivity index (χ2n) is 7.13. The van der Waals surface area contributed by atoms with Crippen LogP contribution < -0.4 is 16.1 Å². The van der Waals surface area contributed by atoms with Crippen LogP contribution in [-0.4, -0.2) is 55.7 Å². The maximum atomic E-state index is 12.8. The number of aryl methyl sites for hydroxylation is 1. The zero-order valence-electron chi connectivity index (χ0n) is 15.8. The Morgan fingerprint density at radius 1 is 1.15 bits per heavy atom. The molecular formula is C17H27N5O4. The van der Waals surface area contributed by atoms with Gasteiger partial charge in [0.15, 0.2) is 11.2 Å². The molecule has 3 heterocycles. The summed E-state index contributed by atoms with van der Waals surface area (Å²) >= 11 is 0. The van der Waals surface area contributed by atoms with Gasteiger partial charge in [-0.15, -0.1) is 0 Å². The van der Waals surface area contributed by atoms with Gasteiger partial charge in [0.25, 0.3) is 5.56 Å². The van der Waals surface area contributed by atoms with Crippen molar-refractivity contribution >= 4 is 17.1 Å². The zero-order chi connectivity index (χ0) is 19.0. The molecule has 0 aliphatic carbocycles. The molecule has 2 aromatic rings. The van der Waals surface area contributed by atoms with Crippen LogP contribution in [0.2, 0.25) is 0 Å². The Bertz CT molecular complexity index is 904. The highest BCUT2D eigenvalue weighted by Gasteiger charge is 2.25. The molecule has 144 valence electrons. The van der Waals surface area contributed by atoms with Crippen LogP contribution in [0.25, 0.3) is 11.2 Å². The fourth-order valence-electron chi connectivity index (χ4n) is 3.33. The summed E-state index contributed by atoms with van der Waals surface area (Å²) in [4.78, 5) is 31.7. The number of ether oxygens (including phenoxy) is 1. The summed E-state index contributed by atoms with van der Waals surface area (Å²) < 4.78 is 9.68. The van der Waals surface area contributed by atoms with Gasteiger partial charge in [0.05, 0.1) is 25.4 Å². The van der Waals surface area contributed by atoms with Crippen LogP contribution in [0.1, 0.15) is 26.7 Å². The third kappa shape index (κ3) is 3.28. The molecule has 1 aliphatic rings. The molecule has 0 bridgehead atoms. The average Bonchev–Trinajstić information content (AvgIpc) is 3.24. The Kier molecular flexibility index (Phi) is 5.19. The number of imidazole rings is 1. The molecule has 1 N–H and O–H groups in total. The number of aliphatic hydroxyl groups is 1. The maximum absolute atomic E-state index is 12.8. The normalized spacial score (nSPS) is 16.2. The number of aromatic nitrogens is 4. The Balaban J connectivity index is 2.12. The largest absolute Gasteiger partial charge is 0.389 e. The van der Waals surface area contributed by atoms with E-state index in [1.165, 1.54) is 11.6 Å². The average molecular weight is 365 g/mol. The van der Waals surface area contributed by atoms with E-state index in [1.54, 1.807) is 11.6 Å². The molecule has 1 aliphatic heterocycles. The molecule has 1 saturated heterocycles. The van der Waals surface area contributed by atoms with Crippen molar-refractivity contribution in [2.45, 2.75) is 45.4 Å². The highest BCUT2D eigenvalue weighted by molar-refractivity contribution is 5.74. The van der Waals surface area contributed by atoms with Crippen LogP contribution in [0.5, 0.6) is 0 Å². The Morgan fingerprint density at radius 3 is 2.42 bits per heavy atom. The predicted molar refractivity (Wildman–Crippen MR) is 98.8 cm³/mol. The lowest BCUT2D eigenvalue weighted by atomic mass is 10.3. The van der Waals surface area contributed by atoms with Crippen LogP contribution in [0.3, 0.4) is 0 Å². The van der Waals surface area contributed by atoms with E-state index in [0.717, 1.165) is 30.5 Å². The van der Waals surface area contributed by atoms with Gasteiger partial charge in [0.1, 0.15) is 0 Å². The van der Waals surface area contributed by atoms with Crippen molar-refractivity contribution in [1.29, 1.82) is 0 Å². The summed E-state index contributed by atoms with van der Waals surface area (Å²) in [6, 6.07) is 0. The smallest absolute Gasteiger partial charge is 0.332 e. The molecule has 0 spiro atoms. The lowest BCUT2D eigenvalue weighted by Crippen LogP contribution is -2.38. The molecule has 1 unspecified atom stereocenters. The first-order valence-corrected chi connectivity index (χ1v) is 9.02. The first-order chi connectivity index (χ1) is 12.3. The number of hydrogen-bond donors (Lipinski definition) is 1. The Labute approximate surface area is 151 Å². The summed E-state index contributed by atoms with van der Waals surface area (Å²) in [5.41, 5.74) is -0.140. The second kappa shape index (κ2) is 7.24. The van der Waals surface area contributed by atoms with Crippen molar-refractivity contribution in [2.24, 2.45) is 14.1 Å². The molecule has 0 radical (unpaired) electrons. The van der Waals surface area contributed by atoms with Gasteiger partial charge in [0.2, 0.25) is 5.95 Å². The van der Waals surface area contributed by atoms with E-state index in [1.807, 2.05) is 13.8 Å². The van der Waals surface area contributed by atoms with Crippen molar-refractivity contribution in [2.75, 3.05) is 24.6 Å². The molecule has 3 rings (SSSR count). The number of anilines is 1. The molecule has 0 saturated carbocycles. The van der Waals surface area contributed by atoms with E-state index in [0.29, 0.717) is 17.1 Å². The topological polar surface area (TPSA) is 94.5 Å². The van der Waals surface area contributed by atoms with Crippen molar-refractivity contribution < 1.29 is 9.84 Å². The van der Waals surface area contributed by atoms with Crippen LogP contribution >= 0.6 is 0 Å². The molecule has 9 heteroatoms. The minimum atomic E-state index is -0.780. The molecule has 26 heavy (non-hydrogen) atoms. The third-order valence-electron chi connectivity index (χ3n) is 4.73. The Hall–Kier alpha value is -2.13. The first-order valence-electron chi connectivity index (χ1n) is 9.02. The van der Waals surface area contributed by atoms with E-state index in [9.17, 15) is 14.7 Å². The van der Waals surface area contributed by atoms with Crippen molar-refractivity contribution in [3.8, 4) is 0 Å². The van der Waals surface area contributed by atoms with Crippen LogP contribution in [-0.2, 0) is 25.4 Å². The highest BCUT2D eigenvalue weighted by Crippen LogP contribution is 2.23. The van der Waals surface area contributed by atoms with Crippen molar-refractivity contribution in [1.82, 2.24) is 18.7 Å². The SMILES string of the molecule is CC(C)OCC(O)Cn1c(N2CCCC2)nc2c1c(=O)n(C)c(=O)n2C. The number of aliphatic hydroxyl groups excluding tert-OH is 1. The van der Waals surface area contributed by atoms with Gasteiger partial charge in [-0.05, 0) is 26.7 Å². The fraction of sp³-hybridized carbons (Fsp3) is 0.706. The summed E-state index contributed by atoms with van der Waals surface area (Å²) in [5.74, 6) is 0.624. The fourth-order valence-corrected chi connectivity index (χ4v) is 3.33. The van der Waals surface area contributed by atoms with E-state index in [4.69, 9.17) is 4.74 Å². The lowest BCUT2D eigenvalue weighted by molar-refractivity contribution is -0.000172. The van der Waals surface area contributed by atoms with Gasteiger partial charge in [-0.2, -0.15) is 4.98 Å². The monoisotopic (exact) mass is 365 g/mol. The first kappa shape index (κ1) is 18.7. The summed E-state index contributed by atoms with van der Waals surface area (Å²) in [5, 5.41) is 10.4. The summed E-state index contributed by atoms with van der Waals surface area (Å²) in [6.07, 6.45) is 1.34. The minimum absolute atomic E-state index is 0.0101. The summed E-state index contributed by atoms with van der Waals surface area (Å²) in [6.45, 7) is 5.85. The number of fused-ring (bicyclic) bond motifs is 1. The number of nitrogens with zero attached hydrogens (tertiary/aromatic N) is 5. The van der Waals surface area contributed by atoms with E-state index < -0.39 is 17.4 Å². The minimum Gasteiger partial charge on any atom is -0.389 e. The van der Waals surface area contributed by atoms with Gasteiger partial charge in [-0.25, -0.2) is 4.79 Å². The van der Waals surface area contributed by atoms with Gasteiger partial charge < -0.3 is 19.3 Å². The van der Waals surface area contributed by atoms with E-state index >= 15 is 0 Å². The quantitative estimate of drug-likeness (QED) is 0.763. The maximum Gasteiger partial charge on any atom is 0.332 e. The third-order valence-corrected chi connectivity index (χ3v) is 4.73. The van der Waals surface area contributed by atoms with Gasteiger partial charge in [0, 0.05) is 27.2 Å². The zero-order valence-corrected chi connectivity index (χ0v) is 15.8.